The number of rotatable bonds is 2. The van der Waals surface area contributed by atoms with E-state index in [0.29, 0.717) is 11.3 Å². The summed E-state index contributed by atoms with van der Waals surface area (Å²) in [5.74, 6) is 0. The smallest absolute Gasteiger partial charge is 0.126 e. The summed E-state index contributed by atoms with van der Waals surface area (Å²) in [6.45, 7) is -4.34. The number of furan rings is 1. The van der Waals surface area contributed by atoms with Crippen LogP contribution < -0.4 is 0 Å². The predicted octanol–water partition coefficient (Wildman–Crippen LogP) is 9.44. The van der Waals surface area contributed by atoms with Crippen LogP contribution in [0.4, 0.5) is 0 Å². The van der Waals surface area contributed by atoms with Gasteiger partial charge < -0.3 is 9.40 Å². The first-order chi connectivity index (χ1) is 21.6. The minimum absolute atomic E-state index is 0. The Labute approximate surface area is 261 Å². The molecular formula is C33H21IrN3OS2-2. The molecule has 0 fully saturated rings. The molecule has 40 heavy (non-hydrogen) atoms. The van der Waals surface area contributed by atoms with Crippen LogP contribution in [0.2, 0.25) is 0 Å². The Kier molecular flexibility index (Phi) is 5.56. The van der Waals surface area contributed by atoms with E-state index in [1.54, 1.807) is 34.8 Å². The number of thiophene rings is 1. The summed E-state index contributed by atoms with van der Waals surface area (Å²) in [5.41, 5.74) is 4.23. The van der Waals surface area contributed by atoms with Crippen molar-refractivity contribution < 1.29 is 32.7 Å². The van der Waals surface area contributed by atoms with Crippen molar-refractivity contribution in [2.45, 2.75) is 13.7 Å². The van der Waals surface area contributed by atoms with E-state index in [0.717, 1.165) is 42.2 Å². The second-order valence-electron chi connectivity index (χ2n) is 8.73. The zero-order valence-corrected chi connectivity index (χ0v) is 24.6. The Morgan fingerprint density at radius 2 is 1.68 bits per heavy atom. The molecule has 5 heterocycles. The average Bonchev–Trinajstić information content (AvgIpc) is 3.72. The molecule has 8 aromatic rings. The second kappa shape index (κ2) is 11.0. The van der Waals surface area contributed by atoms with E-state index >= 15 is 0 Å². The molecule has 1 radical (unpaired) electrons. The number of pyridine rings is 2. The Balaban J connectivity index is 0.000000163. The molecule has 0 unspecified atom stereocenters. The number of nitrogens with zero attached hydrogens (tertiary/aromatic N) is 3. The van der Waals surface area contributed by atoms with Gasteiger partial charge in [0.25, 0.3) is 0 Å². The van der Waals surface area contributed by atoms with Crippen LogP contribution in [0.1, 0.15) is 19.4 Å². The zero-order valence-electron chi connectivity index (χ0n) is 26.6. The molecule has 7 heteroatoms. The molecule has 0 aliphatic carbocycles. The molecule has 8 rings (SSSR count). The molecule has 197 valence electrons. The van der Waals surface area contributed by atoms with Crippen LogP contribution in [0, 0.1) is 25.8 Å². The summed E-state index contributed by atoms with van der Waals surface area (Å²) < 4.78 is 51.0. The first kappa shape index (κ1) is 20.2. The summed E-state index contributed by atoms with van der Waals surface area (Å²) in [7, 11) is 0. The minimum atomic E-state index is -2.18. The fourth-order valence-corrected chi connectivity index (χ4v) is 6.66. The third-order valence-corrected chi connectivity index (χ3v) is 8.45. The van der Waals surface area contributed by atoms with E-state index in [4.69, 9.17) is 17.6 Å². The maximum Gasteiger partial charge on any atom is 0.126 e. The molecule has 3 aromatic carbocycles. The third-order valence-electron chi connectivity index (χ3n) is 6.21. The topological polar surface area (TPSA) is 51.8 Å². The van der Waals surface area contributed by atoms with Crippen molar-refractivity contribution >= 4 is 64.4 Å². The molecule has 5 aromatic heterocycles. The maximum absolute atomic E-state index is 7.28. The molecule has 0 atom stereocenters. The van der Waals surface area contributed by atoms with Crippen LogP contribution in [0.5, 0.6) is 0 Å². The van der Waals surface area contributed by atoms with Crippen molar-refractivity contribution in [1.29, 1.82) is 0 Å². The monoisotopic (exact) mass is 738 g/mol. The number of fused-ring (bicyclic) bond motifs is 6. The Bertz CT molecular complexity index is 2250. The van der Waals surface area contributed by atoms with Crippen LogP contribution in [0.15, 0.2) is 95.7 Å². The van der Waals surface area contributed by atoms with Crippen LogP contribution in [0.3, 0.4) is 0 Å². The molecule has 0 spiro atoms. The molecule has 4 nitrogen and oxygen atoms in total. The molecule has 0 saturated heterocycles. The Morgan fingerprint density at radius 1 is 0.800 bits per heavy atom. The fraction of sp³-hybridized carbons (Fsp3) is 0.0606. The number of hydrogen-bond acceptors (Lipinski definition) is 6. The van der Waals surface area contributed by atoms with Gasteiger partial charge in [-0.3, -0.25) is 4.98 Å². The SMILES string of the molecule is [2H]C([2H])([2H])c1c[c-]c(-c2ccc(C([2H])([2H])[2H])cn2)cc1.[Ir].[c-]1ccc2c(oc3ccccc32)c1-c1nc2sc3ncccc3c2s1. The fourth-order valence-electron chi connectivity index (χ4n) is 4.38. The number of para-hydroxylation sites is 1. The molecule has 0 amide bonds. The van der Waals surface area contributed by atoms with E-state index < -0.39 is 13.7 Å². The molecule has 0 aliphatic heterocycles. The summed E-state index contributed by atoms with van der Waals surface area (Å²) in [5, 5.41) is 4.34. The second-order valence-corrected chi connectivity index (χ2v) is 10.7. The summed E-state index contributed by atoms with van der Waals surface area (Å²) in [4.78, 5) is 15.4. The van der Waals surface area contributed by atoms with Gasteiger partial charge in [0.15, 0.2) is 0 Å². The quantitative estimate of drug-likeness (QED) is 0.166. The van der Waals surface area contributed by atoms with Gasteiger partial charge in [-0.25, -0.2) is 4.98 Å². The number of hydrogen-bond donors (Lipinski definition) is 0. The summed E-state index contributed by atoms with van der Waals surface area (Å²) >= 11 is 3.31. The molecule has 0 aliphatic rings. The van der Waals surface area contributed by atoms with Gasteiger partial charge in [-0.1, -0.05) is 59.5 Å². The van der Waals surface area contributed by atoms with Crippen molar-refractivity contribution in [3.8, 4) is 21.8 Å². The summed E-state index contributed by atoms with van der Waals surface area (Å²) in [6, 6.07) is 30.0. The number of aryl methyl sites for hydroxylation is 2. The van der Waals surface area contributed by atoms with E-state index in [1.807, 2.05) is 36.5 Å². The van der Waals surface area contributed by atoms with E-state index in [-0.39, 0.29) is 31.2 Å². The molecule has 0 N–H and O–H groups in total. The molecule has 0 saturated carbocycles. The van der Waals surface area contributed by atoms with Crippen LogP contribution in [-0.4, -0.2) is 15.0 Å². The number of aromatic nitrogens is 3. The van der Waals surface area contributed by atoms with Crippen molar-refractivity contribution in [2.24, 2.45) is 0 Å². The van der Waals surface area contributed by atoms with Gasteiger partial charge in [0.2, 0.25) is 0 Å². The van der Waals surface area contributed by atoms with Gasteiger partial charge >= 0.3 is 0 Å². The van der Waals surface area contributed by atoms with Crippen molar-refractivity contribution in [3.63, 3.8) is 0 Å². The largest absolute Gasteiger partial charge is 0.501 e. The average molecular weight is 738 g/mol. The molecular weight excluding hydrogens is 711 g/mol. The van der Waals surface area contributed by atoms with Crippen molar-refractivity contribution in [3.05, 3.63) is 115 Å². The minimum Gasteiger partial charge on any atom is -0.501 e. The first-order valence-electron chi connectivity index (χ1n) is 15.0. The van der Waals surface area contributed by atoms with Crippen LogP contribution >= 0.6 is 22.7 Å². The standard InChI is InChI=1S/C20H9N2OS2.C13H12N.Ir/c1-2-9-15-11(5-1)12-6-3-7-13(16(12)23-15)19-22-20-17(24-19)14-8-4-10-21-18(14)25-20;1-10-3-6-12(7-4-10)13-8-5-11(2)9-14-13;/h1-6,8-10H;3-6,8-9H,1-2H3;/q2*-1;/i;1D3,2D3;. The Morgan fingerprint density at radius 3 is 2.50 bits per heavy atom. The van der Waals surface area contributed by atoms with Crippen molar-refractivity contribution in [1.82, 2.24) is 15.0 Å². The van der Waals surface area contributed by atoms with Gasteiger partial charge in [-0.2, -0.15) is 11.3 Å². The van der Waals surface area contributed by atoms with Gasteiger partial charge in [0.05, 0.1) is 10.3 Å². The third kappa shape index (κ3) is 4.87. The van der Waals surface area contributed by atoms with Crippen LogP contribution in [0.25, 0.3) is 63.5 Å². The van der Waals surface area contributed by atoms with E-state index in [1.165, 1.54) is 34.5 Å². The van der Waals surface area contributed by atoms with E-state index in [2.05, 4.69) is 40.3 Å². The van der Waals surface area contributed by atoms with Gasteiger partial charge in [-0.15, -0.1) is 53.6 Å². The van der Waals surface area contributed by atoms with Gasteiger partial charge in [0, 0.05) is 56.5 Å². The van der Waals surface area contributed by atoms with Crippen LogP contribution in [-0.2, 0) is 20.1 Å². The zero-order chi connectivity index (χ0) is 31.3. The van der Waals surface area contributed by atoms with Gasteiger partial charge in [-0.05, 0) is 36.3 Å². The maximum atomic E-state index is 7.28. The predicted molar refractivity (Wildman–Crippen MR) is 162 cm³/mol. The summed E-state index contributed by atoms with van der Waals surface area (Å²) in [6.07, 6.45) is 3.13. The number of benzene rings is 3. The Hall–Kier alpha value is -3.74. The first-order valence-corrected chi connectivity index (χ1v) is 13.6. The van der Waals surface area contributed by atoms with E-state index in [9.17, 15) is 0 Å². The normalized spacial score (nSPS) is 13.9. The number of thiazole rings is 1. The molecule has 0 bridgehead atoms. The van der Waals surface area contributed by atoms with Crippen molar-refractivity contribution in [2.75, 3.05) is 0 Å². The van der Waals surface area contributed by atoms with Gasteiger partial charge in [0.1, 0.15) is 15.2 Å².